The van der Waals surface area contributed by atoms with E-state index in [-0.39, 0.29) is 12.1 Å². The Morgan fingerprint density at radius 1 is 1.53 bits per heavy atom. The number of nitrogens with one attached hydrogen (secondary N) is 1. The van der Waals surface area contributed by atoms with E-state index in [9.17, 15) is 18.0 Å². The van der Waals surface area contributed by atoms with Gasteiger partial charge in [0, 0.05) is 12.1 Å². The van der Waals surface area contributed by atoms with Gasteiger partial charge in [-0.05, 0) is 24.6 Å². The van der Waals surface area contributed by atoms with Gasteiger partial charge in [0.05, 0.1) is 11.6 Å². The number of nitrogens with two attached hydrogens (primary N) is 1. The Bertz CT molecular complexity index is 518. The first kappa shape index (κ1) is 15.1. The van der Waals surface area contributed by atoms with Crippen molar-refractivity contribution in [2.45, 2.75) is 25.6 Å². The Morgan fingerprint density at radius 3 is 2.68 bits per heavy atom. The molecular formula is C13H13F3N2O. The third-order valence-corrected chi connectivity index (χ3v) is 2.50. The SMILES string of the molecule is C#CCC(N)C(=O)Nc1cc(C(F)(F)F)ccc1C. The molecule has 1 rings (SSSR count). The smallest absolute Gasteiger partial charge is 0.324 e. The summed E-state index contributed by atoms with van der Waals surface area (Å²) in [7, 11) is 0. The maximum atomic E-state index is 12.6. The van der Waals surface area contributed by atoms with Crippen LogP contribution in [0.2, 0.25) is 0 Å². The lowest BCUT2D eigenvalue weighted by Crippen LogP contribution is -2.35. The first-order valence-electron chi connectivity index (χ1n) is 5.43. The minimum Gasteiger partial charge on any atom is -0.324 e. The first-order valence-corrected chi connectivity index (χ1v) is 5.43. The number of amides is 1. The molecule has 3 nitrogen and oxygen atoms in total. The van der Waals surface area contributed by atoms with Gasteiger partial charge in [0.2, 0.25) is 5.91 Å². The molecule has 0 spiro atoms. The van der Waals surface area contributed by atoms with Crippen LogP contribution in [-0.4, -0.2) is 11.9 Å². The van der Waals surface area contributed by atoms with E-state index in [0.717, 1.165) is 12.1 Å². The molecule has 1 aromatic rings. The van der Waals surface area contributed by atoms with Gasteiger partial charge in [0.15, 0.2) is 0 Å². The molecule has 1 unspecified atom stereocenters. The van der Waals surface area contributed by atoms with Crippen molar-refractivity contribution in [2.24, 2.45) is 5.73 Å². The Morgan fingerprint density at radius 2 is 2.16 bits per heavy atom. The van der Waals surface area contributed by atoms with Crippen molar-refractivity contribution >= 4 is 11.6 Å². The van der Waals surface area contributed by atoms with Crippen LogP contribution in [0.5, 0.6) is 0 Å². The van der Waals surface area contributed by atoms with E-state index in [1.165, 1.54) is 6.07 Å². The van der Waals surface area contributed by atoms with Crippen LogP contribution >= 0.6 is 0 Å². The number of carbonyl (C=O) groups excluding carboxylic acids is 1. The van der Waals surface area contributed by atoms with Crippen molar-refractivity contribution in [1.29, 1.82) is 0 Å². The summed E-state index contributed by atoms with van der Waals surface area (Å²) in [5.74, 6) is 1.61. The number of aryl methyl sites for hydroxylation is 1. The number of rotatable bonds is 3. The summed E-state index contributed by atoms with van der Waals surface area (Å²) >= 11 is 0. The Hall–Kier alpha value is -2.00. The monoisotopic (exact) mass is 270 g/mol. The number of hydrogen-bond acceptors (Lipinski definition) is 2. The van der Waals surface area contributed by atoms with E-state index in [1.807, 2.05) is 0 Å². The summed E-state index contributed by atoms with van der Waals surface area (Å²) in [5.41, 5.74) is 5.22. The topological polar surface area (TPSA) is 55.1 Å². The first-order chi connectivity index (χ1) is 8.75. The molecule has 0 radical (unpaired) electrons. The lowest BCUT2D eigenvalue weighted by atomic mass is 10.1. The molecule has 0 aliphatic heterocycles. The standard InChI is InChI=1S/C13H13F3N2O/c1-3-4-10(17)12(19)18-11-7-9(13(14,15)16)6-5-8(11)2/h1,5-7,10H,4,17H2,2H3,(H,18,19). The lowest BCUT2D eigenvalue weighted by Gasteiger charge is -2.14. The van der Waals surface area contributed by atoms with Crippen molar-refractivity contribution in [1.82, 2.24) is 0 Å². The molecule has 1 amide bonds. The van der Waals surface area contributed by atoms with Crippen molar-refractivity contribution in [2.75, 3.05) is 5.32 Å². The van der Waals surface area contributed by atoms with Crippen molar-refractivity contribution < 1.29 is 18.0 Å². The largest absolute Gasteiger partial charge is 0.416 e. The zero-order valence-electron chi connectivity index (χ0n) is 10.2. The maximum Gasteiger partial charge on any atom is 0.416 e. The minimum atomic E-state index is -4.46. The molecule has 3 N–H and O–H groups in total. The minimum absolute atomic E-state index is 0.0177. The van der Waals surface area contributed by atoms with Crippen LogP contribution in [0.15, 0.2) is 18.2 Å². The lowest BCUT2D eigenvalue weighted by molar-refractivity contribution is -0.137. The molecule has 0 saturated heterocycles. The molecule has 0 aromatic heterocycles. The van der Waals surface area contributed by atoms with Gasteiger partial charge in [0.1, 0.15) is 0 Å². The summed E-state index contributed by atoms with van der Waals surface area (Å²) in [5, 5.41) is 2.35. The van der Waals surface area contributed by atoms with Gasteiger partial charge in [-0.25, -0.2) is 0 Å². The van der Waals surface area contributed by atoms with Crippen LogP contribution in [0.3, 0.4) is 0 Å². The van der Waals surface area contributed by atoms with E-state index in [4.69, 9.17) is 12.2 Å². The third kappa shape index (κ3) is 4.00. The molecule has 0 bridgehead atoms. The second-order valence-electron chi connectivity index (χ2n) is 4.03. The molecule has 0 aliphatic carbocycles. The fraction of sp³-hybridized carbons (Fsp3) is 0.308. The van der Waals surface area contributed by atoms with Gasteiger partial charge >= 0.3 is 6.18 Å². The molecule has 1 aromatic carbocycles. The van der Waals surface area contributed by atoms with Gasteiger partial charge in [-0.15, -0.1) is 12.3 Å². The average Bonchev–Trinajstić information content (AvgIpc) is 2.30. The molecule has 0 fully saturated rings. The van der Waals surface area contributed by atoms with E-state index in [1.54, 1.807) is 6.92 Å². The number of anilines is 1. The van der Waals surface area contributed by atoms with Gasteiger partial charge in [-0.1, -0.05) is 6.07 Å². The summed E-state index contributed by atoms with van der Waals surface area (Å²) < 4.78 is 37.7. The molecule has 0 aliphatic rings. The van der Waals surface area contributed by atoms with Crippen molar-refractivity contribution in [3.8, 4) is 12.3 Å². The van der Waals surface area contributed by atoms with E-state index < -0.39 is 23.7 Å². The normalized spacial score (nSPS) is 12.6. The predicted octanol–water partition coefficient (Wildman–Crippen LogP) is 2.30. The second-order valence-corrected chi connectivity index (χ2v) is 4.03. The van der Waals surface area contributed by atoms with Crippen LogP contribution < -0.4 is 11.1 Å². The van der Waals surface area contributed by atoms with Crippen LogP contribution in [0.4, 0.5) is 18.9 Å². The number of halogens is 3. The molecule has 6 heteroatoms. The molecule has 19 heavy (non-hydrogen) atoms. The Kier molecular flexibility index (Phi) is 4.57. The van der Waals surface area contributed by atoms with Gasteiger partial charge < -0.3 is 11.1 Å². The third-order valence-electron chi connectivity index (χ3n) is 2.50. The summed E-state index contributed by atoms with van der Waals surface area (Å²) in [6, 6.07) is 2.16. The quantitative estimate of drug-likeness (QED) is 0.828. The van der Waals surface area contributed by atoms with Crippen LogP contribution in [0, 0.1) is 19.3 Å². The Balaban J connectivity index is 2.95. The predicted molar refractivity (Wildman–Crippen MR) is 66.2 cm³/mol. The fourth-order valence-corrected chi connectivity index (χ4v) is 1.38. The van der Waals surface area contributed by atoms with E-state index >= 15 is 0 Å². The molecular weight excluding hydrogens is 257 g/mol. The van der Waals surface area contributed by atoms with E-state index in [0.29, 0.717) is 5.56 Å². The molecule has 0 heterocycles. The highest BCUT2D eigenvalue weighted by molar-refractivity contribution is 5.95. The second kappa shape index (κ2) is 5.76. The van der Waals surface area contributed by atoms with E-state index in [2.05, 4.69) is 11.2 Å². The van der Waals surface area contributed by atoms with Crippen LogP contribution in [-0.2, 0) is 11.0 Å². The van der Waals surface area contributed by atoms with Crippen molar-refractivity contribution in [3.05, 3.63) is 29.3 Å². The van der Waals surface area contributed by atoms with Gasteiger partial charge in [-0.2, -0.15) is 13.2 Å². The molecule has 102 valence electrons. The molecule has 0 saturated carbocycles. The zero-order chi connectivity index (χ0) is 14.6. The van der Waals surface area contributed by atoms with Crippen LogP contribution in [0.25, 0.3) is 0 Å². The highest BCUT2D eigenvalue weighted by Crippen LogP contribution is 2.32. The highest BCUT2D eigenvalue weighted by Gasteiger charge is 2.31. The number of benzene rings is 1. The van der Waals surface area contributed by atoms with Crippen LogP contribution in [0.1, 0.15) is 17.5 Å². The van der Waals surface area contributed by atoms with Gasteiger partial charge in [-0.3, -0.25) is 4.79 Å². The summed E-state index contributed by atoms with van der Waals surface area (Å²) in [6.07, 6.45) is 0.566. The Labute approximate surface area is 109 Å². The fourth-order valence-electron chi connectivity index (χ4n) is 1.38. The number of terminal acetylenes is 1. The number of carbonyl (C=O) groups is 1. The van der Waals surface area contributed by atoms with Gasteiger partial charge in [0.25, 0.3) is 0 Å². The number of hydrogen-bond donors (Lipinski definition) is 2. The van der Waals surface area contributed by atoms with Crippen molar-refractivity contribution in [3.63, 3.8) is 0 Å². The average molecular weight is 270 g/mol. The summed E-state index contributed by atoms with van der Waals surface area (Å²) in [6.45, 7) is 1.59. The molecule has 1 atom stereocenters. The maximum absolute atomic E-state index is 12.6. The number of alkyl halides is 3. The zero-order valence-corrected chi connectivity index (χ0v) is 10.2. The highest BCUT2D eigenvalue weighted by atomic mass is 19.4. The summed E-state index contributed by atoms with van der Waals surface area (Å²) in [4.78, 5) is 11.6.